The van der Waals surface area contributed by atoms with Gasteiger partial charge in [-0.05, 0) is 36.4 Å². The summed E-state index contributed by atoms with van der Waals surface area (Å²) in [6, 6.07) is 7.93. The summed E-state index contributed by atoms with van der Waals surface area (Å²) in [6.45, 7) is 0. The lowest BCUT2D eigenvalue weighted by atomic mass is 9.96. The molecule has 0 saturated carbocycles. The minimum atomic E-state index is -4.89. The van der Waals surface area contributed by atoms with E-state index in [0.717, 1.165) is 24.5 Å². The highest BCUT2D eigenvalue weighted by atomic mass is 19.4. The first-order valence-electron chi connectivity index (χ1n) is 10.4. The van der Waals surface area contributed by atoms with Crippen molar-refractivity contribution in [1.29, 1.82) is 0 Å². The van der Waals surface area contributed by atoms with E-state index in [1.807, 2.05) is 0 Å². The maximum Gasteiger partial charge on any atom is 0.418 e. The van der Waals surface area contributed by atoms with Gasteiger partial charge in [-0.3, -0.25) is 9.97 Å². The predicted molar refractivity (Wildman–Crippen MR) is 120 cm³/mol. The van der Waals surface area contributed by atoms with Crippen LogP contribution in [0.25, 0.3) is 33.2 Å². The number of aromatic nitrogens is 5. The van der Waals surface area contributed by atoms with Gasteiger partial charge in [0.15, 0.2) is 11.9 Å². The van der Waals surface area contributed by atoms with E-state index in [1.165, 1.54) is 36.8 Å². The molecule has 0 amide bonds. The van der Waals surface area contributed by atoms with Crippen molar-refractivity contribution in [2.45, 2.75) is 18.4 Å². The SMILES string of the molecule is FC(F)(F)c1cccc2cc([C@@H](Nc3ncnc4cccnc34)C(F)(F)F)c(-c3cccnc3)nc12. The van der Waals surface area contributed by atoms with Gasteiger partial charge in [-0.2, -0.15) is 26.3 Å². The third kappa shape index (κ3) is 4.37. The molecule has 4 aromatic heterocycles. The van der Waals surface area contributed by atoms with Crippen LogP contribution in [0.2, 0.25) is 0 Å². The lowest BCUT2D eigenvalue weighted by Crippen LogP contribution is -2.29. The van der Waals surface area contributed by atoms with Crippen LogP contribution in [0.15, 0.2) is 73.4 Å². The fourth-order valence-corrected chi connectivity index (χ4v) is 3.87. The van der Waals surface area contributed by atoms with Crippen LogP contribution in [0.4, 0.5) is 32.2 Å². The smallest absolute Gasteiger partial charge is 0.353 e. The number of para-hydroxylation sites is 1. The van der Waals surface area contributed by atoms with Crippen LogP contribution in [0, 0.1) is 0 Å². The number of rotatable bonds is 4. The molecule has 0 unspecified atom stereocenters. The zero-order valence-electron chi connectivity index (χ0n) is 18.0. The minimum Gasteiger partial charge on any atom is -0.353 e. The molecule has 6 nitrogen and oxygen atoms in total. The van der Waals surface area contributed by atoms with Crippen molar-refractivity contribution >= 4 is 27.8 Å². The second-order valence-corrected chi connectivity index (χ2v) is 7.76. The first-order chi connectivity index (χ1) is 17.1. The highest BCUT2D eigenvalue weighted by Crippen LogP contribution is 2.42. The van der Waals surface area contributed by atoms with Gasteiger partial charge in [-0.15, -0.1) is 0 Å². The molecule has 0 aliphatic carbocycles. The van der Waals surface area contributed by atoms with E-state index in [1.54, 1.807) is 12.1 Å². The van der Waals surface area contributed by atoms with Gasteiger partial charge in [0.1, 0.15) is 11.8 Å². The molecule has 4 heterocycles. The Morgan fingerprint density at radius 2 is 1.61 bits per heavy atom. The average molecular weight is 500 g/mol. The fraction of sp³-hybridized carbons (Fsp3) is 0.125. The Labute approximate surface area is 199 Å². The van der Waals surface area contributed by atoms with E-state index < -0.39 is 35.0 Å². The molecule has 5 rings (SSSR count). The number of fused-ring (bicyclic) bond motifs is 2. The Kier molecular flexibility index (Phi) is 5.65. The summed E-state index contributed by atoms with van der Waals surface area (Å²) in [5, 5.41) is 2.27. The lowest BCUT2D eigenvalue weighted by molar-refractivity contribution is -0.144. The van der Waals surface area contributed by atoms with Crippen molar-refractivity contribution in [3.05, 3.63) is 84.6 Å². The summed E-state index contributed by atoms with van der Waals surface area (Å²) in [4.78, 5) is 20.0. The average Bonchev–Trinajstić information content (AvgIpc) is 2.85. The van der Waals surface area contributed by atoms with E-state index in [0.29, 0.717) is 5.52 Å². The van der Waals surface area contributed by atoms with Crippen LogP contribution >= 0.6 is 0 Å². The van der Waals surface area contributed by atoms with E-state index in [-0.39, 0.29) is 28.0 Å². The van der Waals surface area contributed by atoms with Crippen LogP contribution in [0.1, 0.15) is 17.2 Å². The number of nitrogens with one attached hydrogen (secondary N) is 1. The van der Waals surface area contributed by atoms with Crippen molar-refractivity contribution in [3.8, 4) is 11.3 Å². The molecule has 0 aliphatic heterocycles. The zero-order valence-corrected chi connectivity index (χ0v) is 18.0. The number of halogens is 6. The van der Waals surface area contributed by atoms with Crippen LogP contribution in [-0.2, 0) is 6.18 Å². The van der Waals surface area contributed by atoms with Gasteiger partial charge in [-0.25, -0.2) is 15.0 Å². The van der Waals surface area contributed by atoms with Crippen LogP contribution in [0.5, 0.6) is 0 Å². The summed E-state index contributed by atoms with van der Waals surface area (Å²) < 4.78 is 84.5. The second-order valence-electron chi connectivity index (χ2n) is 7.76. The second kappa shape index (κ2) is 8.70. The van der Waals surface area contributed by atoms with Crippen LogP contribution in [-0.4, -0.2) is 31.1 Å². The van der Waals surface area contributed by atoms with Gasteiger partial charge in [0.05, 0.1) is 22.3 Å². The summed E-state index contributed by atoms with van der Waals surface area (Å²) in [7, 11) is 0. The molecule has 0 aliphatic rings. The van der Waals surface area contributed by atoms with Gasteiger partial charge in [0.25, 0.3) is 0 Å². The molecular weight excluding hydrogens is 486 g/mol. The number of hydrogen-bond acceptors (Lipinski definition) is 6. The summed E-state index contributed by atoms with van der Waals surface area (Å²) in [5.41, 5.74) is -1.69. The molecule has 182 valence electrons. The fourth-order valence-electron chi connectivity index (χ4n) is 3.87. The molecule has 1 aromatic carbocycles. The molecule has 0 spiro atoms. The molecule has 0 bridgehead atoms. The molecule has 0 saturated heterocycles. The summed E-state index contributed by atoms with van der Waals surface area (Å²) in [6.07, 6.45) is -4.53. The number of benzene rings is 1. The Morgan fingerprint density at radius 3 is 2.33 bits per heavy atom. The van der Waals surface area contributed by atoms with Gasteiger partial charge in [0, 0.05) is 35.1 Å². The maximum absolute atomic E-state index is 14.5. The van der Waals surface area contributed by atoms with Gasteiger partial charge in [0.2, 0.25) is 0 Å². The largest absolute Gasteiger partial charge is 0.418 e. The van der Waals surface area contributed by atoms with Gasteiger partial charge >= 0.3 is 12.4 Å². The molecule has 1 atom stereocenters. The normalized spacial score (nSPS) is 13.2. The van der Waals surface area contributed by atoms with E-state index in [9.17, 15) is 26.3 Å². The standard InChI is InChI=1S/C24H14F6N6/c25-23(26,27)16-6-1-4-13-10-15(18(35-19(13)16)14-5-2-8-31-11-14)21(24(28,29)30)36-22-20-17(33-12-34-22)7-3-9-32-20/h1-12,21H,(H,33,34,36)/t21-/m1/s1. The first kappa shape index (κ1) is 23.4. The van der Waals surface area contributed by atoms with Crippen molar-refractivity contribution in [3.63, 3.8) is 0 Å². The quantitative estimate of drug-likeness (QED) is 0.289. The van der Waals surface area contributed by atoms with Gasteiger partial charge < -0.3 is 5.32 Å². The number of hydrogen-bond donors (Lipinski definition) is 1. The van der Waals surface area contributed by atoms with Crippen molar-refractivity contribution in [1.82, 2.24) is 24.9 Å². The maximum atomic E-state index is 14.5. The molecule has 12 heteroatoms. The summed E-state index contributed by atoms with van der Waals surface area (Å²) >= 11 is 0. The number of nitrogens with zero attached hydrogens (tertiary/aromatic N) is 5. The highest BCUT2D eigenvalue weighted by molar-refractivity contribution is 5.88. The molecular formula is C24H14F6N6. The molecule has 0 fully saturated rings. The third-order valence-electron chi connectivity index (χ3n) is 5.43. The monoisotopic (exact) mass is 500 g/mol. The molecule has 36 heavy (non-hydrogen) atoms. The van der Waals surface area contributed by atoms with Gasteiger partial charge in [-0.1, -0.05) is 12.1 Å². The van der Waals surface area contributed by atoms with Crippen molar-refractivity contribution in [2.75, 3.05) is 5.32 Å². The lowest BCUT2D eigenvalue weighted by Gasteiger charge is -2.25. The highest BCUT2D eigenvalue weighted by Gasteiger charge is 2.44. The van der Waals surface area contributed by atoms with E-state index in [2.05, 4.69) is 30.2 Å². The van der Waals surface area contributed by atoms with Crippen LogP contribution < -0.4 is 5.32 Å². The zero-order chi connectivity index (χ0) is 25.5. The number of pyridine rings is 3. The minimum absolute atomic E-state index is 0.102. The Balaban J connectivity index is 1.77. The third-order valence-corrected chi connectivity index (χ3v) is 5.43. The van der Waals surface area contributed by atoms with E-state index in [4.69, 9.17) is 0 Å². The Hall–Kier alpha value is -4.35. The van der Waals surface area contributed by atoms with Crippen molar-refractivity contribution in [2.24, 2.45) is 0 Å². The Bertz CT molecular complexity index is 1550. The van der Waals surface area contributed by atoms with E-state index >= 15 is 0 Å². The topological polar surface area (TPSA) is 76.5 Å². The first-order valence-corrected chi connectivity index (χ1v) is 10.4. The summed E-state index contributed by atoms with van der Waals surface area (Å²) in [5.74, 6) is -0.191. The number of alkyl halides is 6. The molecule has 0 radical (unpaired) electrons. The predicted octanol–water partition coefficient (Wildman–Crippen LogP) is 6.37. The molecule has 5 aromatic rings. The van der Waals surface area contributed by atoms with Crippen LogP contribution in [0.3, 0.4) is 0 Å². The molecule has 1 N–H and O–H groups in total. The Morgan fingerprint density at radius 1 is 0.806 bits per heavy atom. The number of anilines is 1. The van der Waals surface area contributed by atoms with Crippen molar-refractivity contribution < 1.29 is 26.3 Å².